The molecular weight excluding hydrogens is 314 g/mol. The first-order valence-electron chi connectivity index (χ1n) is 8.04. The molecule has 0 radical (unpaired) electrons. The molecule has 0 aliphatic rings. The minimum absolute atomic E-state index is 0.205. The van der Waals surface area contributed by atoms with Gasteiger partial charge < -0.3 is 10.3 Å². The van der Waals surface area contributed by atoms with Crippen LogP contribution in [0.15, 0.2) is 65.5 Å². The van der Waals surface area contributed by atoms with Crippen LogP contribution < -0.4 is 10.9 Å². The standard InChI is InChI=1S/C19H17N5O/c1-13-7-9-15(10-8-13)20-12-16-11-17(25)24-19(21-16)22-18(23-24)14-5-3-2-4-6-14/h2-11,20H,12H2,1H3,(H,21,22,23). The summed E-state index contributed by atoms with van der Waals surface area (Å²) < 4.78 is 1.29. The minimum atomic E-state index is -0.205. The van der Waals surface area contributed by atoms with Crippen LogP contribution in [0.2, 0.25) is 0 Å². The molecule has 0 fully saturated rings. The average Bonchev–Trinajstić information content (AvgIpc) is 3.07. The number of aromatic amines is 1. The van der Waals surface area contributed by atoms with Gasteiger partial charge in [-0.3, -0.25) is 4.79 Å². The molecule has 2 heterocycles. The maximum Gasteiger partial charge on any atom is 0.275 e. The molecule has 2 aromatic heterocycles. The Labute approximate surface area is 144 Å². The average molecular weight is 331 g/mol. The summed E-state index contributed by atoms with van der Waals surface area (Å²) in [6.45, 7) is 2.55. The molecule has 0 atom stereocenters. The predicted octanol–water partition coefficient (Wildman–Crippen LogP) is 3.01. The summed E-state index contributed by atoms with van der Waals surface area (Å²) in [5.41, 5.74) is 3.63. The second-order valence-electron chi connectivity index (χ2n) is 5.89. The third-order valence-corrected chi connectivity index (χ3v) is 3.95. The van der Waals surface area contributed by atoms with Crippen LogP contribution in [-0.2, 0) is 6.54 Å². The monoisotopic (exact) mass is 331 g/mol. The first-order valence-corrected chi connectivity index (χ1v) is 8.04. The van der Waals surface area contributed by atoms with Crippen molar-refractivity contribution in [3.05, 3.63) is 82.3 Å². The molecule has 2 N–H and O–H groups in total. The van der Waals surface area contributed by atoms with E-state index in [1.165, 1.54) is 16.1 Å². The Morgan fingerprint density at radius 2 is 1.84 bits per heavy atom. The van der Waals surface area contributed by atoms with Crippen molar-refractivity contribution in [2.45, 2.75) is 13.5 Å². The molecule has 4 rings (SSSR count). The van der Waals surface area contributed by atoms with Crippen LogP contribution in [0.3, 0.4) is 0 Å². The number of rotatable bonds is 4. The lowest BCUT2D eigenvalue weighted by atomic mass is 10.2. The number of benzene rings is 2. The summed E-state index contributed by atoms with van der Waals surface area (Å²) in [5.74, 6) is 0.963. The summed E-state index contributed by atoms with van der Waals surface area (Å²) in [6.07, 6.45) is 0. The van der Waals surface area contributed by atoms with Crippen molar-refractivity contribution in [2.75, 3.05) is 5.32 Å². The fraction of sp³-hybridized carbons (Fsp3) is 0.105. The maximum atomic E-state index is 12.3. The molecule has 6 heteroatoms. The number of H-pyrrole nitrogens is 1. The zero-order valence-corrected chi connectivity index (χ0v) is 13.7. The highest BCUT2D eigenvalue weighted by atomic mass is 16.1. The van der Waals surface area contributed by atoms with Crippen molar-refractivity contribution in [2.24, 2.45) is 0 Å². The first-order chi connectivity index (χ1) is 12.2. The Morgan fingerprint density at radius 3 is 2.60 bits per heavy atom. The number of anilines is 1. The van der Waals surface area contributed by atoms with Crippen LogP contribution in [0.1, 0.15) is 11.3 Å². The molecule has 0 saturated carbocycles. The number of aromatic nitrogens is 4. The summed E-state index contributed by atoms with van der Waals surface area (Å²) in [4.78, 5) is 19.9. The van der Waals surface area contributed by atoms with Gasteiger partial charge in [-0.15, -0.1) is 5.10 Å². The summed E-state index contributed by atoms with van der Waals surface area (Å²) in [6, 6.07) is 19.2. The minimum Gasteiger partial charge on any atom is -0.379 e. The first kappa shape index (κ1) is 15.1. The molecule has 0 bridgehead atoms. The lowest BCUT2D eigenvalue weighted by Crippen LogP contribution is -2.17. The van der Waals surface area contributed by atoms with Gasteiger partial charge in [0.25, 0.3) is 5.56 Å². The zero-order chi connectivity index (χ0) is 17.2. The molecule has 0 aliphatic carbocycles. The molecule has 0 unspecified atom stereocenters. The van der Waals surface area contributed by atoms with E-state index in [0.717, 1.165) is 16.9 Å². The van der Waals surface area contributed by atoms with E-state index in [2.05, 4.69) is 20.4 Å². The lowest BCUT2D eigenvalue weighted by molar-refractivity contribution is 0.879. The maximum absolute atomic E-state index is 12.3. The van der Waals surface area contributed by atoms with E-state index in [9.17, 15) is 4.79 Å². The van der Waals surface area contributed by atoms with Crippen LogP contribution in [-0.4, -0.2) is 19.6 Å². The van der Waals surface area contributed by atoms with E-state index < -0.39 is 0 Å². The molecule has 25 heavy (non-hydrogen) atoms. The third kappa shape index (κ3) is 3.14. The van der Waals surface area contributed by atoms with Crippen molar-refractivity contribution >= 4 is 11.5 Å². The smallest absolute Gasteiger partial charge is 0.275 e. The van der Waals surface area contributed by atoms with Crippen LogP contribution in [0.5, 0.6) is 0 Å². The Bertz CT molecular complexity index is 1060. The predicted molar refractivity (Wildman–Crippen MR) is 97.5 cm³/mol. The normalized spacial score (nSPS) is 10.9. The SMILES string of the molecule is Cc1ccc(NCc2cc(=O)n3nc(-c4ccccc4)nc3[nH]2)cc1. The van der Waals surface area contributed by atoms with Gasteiger partial charge in [0.1, 0.15) is 0 Å². The van der Waals surface area contributed by atoms with Gasteiger partial charge in [0, 0.05) is 23.0 Å². The molecular formula is C19H17N5O. The molecule has 2 aromatic carbocycles. The second-order valence-corrected chi connectivity index (χ2v) is 5.89. The number of nitrogens with zero attached hydrogens (tertiary/aromatic N) is 3. The van der Waals surface area contributed by atoms with Crippen molar-refractivity contribution in [3.8, 4) is 11.4 Å². The highest BCUT2D eigenvalue weighted by Crippen LogP contribution is 2.14. The van der Waals surface area contributed by atoms with E-state index in [0.29, 0.717) is 18.1 Å². The van der Waals surface area contributed by atoms with Crippen molar-refractivity contribution < 1.29 is 0 Å². The van der Waals surface area contributed by atoms with E-state index >= 15 is 0 Å². The van der Waals surface area contributed by atoms with Crippen molar-refractivity contribution in [1.29, 1.82) is 0 Å². The number of aryl methyl sites for hydroxylation is 1. The fourth-order valence-electron chi connectivity index (χ4n) is 2.61. The number of hydrogen-bond acceptors (Lipinski definition) is 4. The van der Waals surface area contributed by atoms with Gasteiger partial charge in [0.05, 0.1) is 6.54 Å². The van der Waals surface area contributed by atoms with Gasteiger partial charge in [0.15, 0.2) is 5.82 Å². The van der Waals surface area contributed by atoms with Gasteiger partial charge in [-0.05, 0) is 19.1 Å². The van der Waals surface area contributed by atoms with Crippen LogP contribution >= 0.6 is 0 Å². The molecule has 4 aromatic rings. The van der Waals surface area contributed by atoms with Crippen molar-refractivity contribution in [3.63, 3.8) is 0 Å². The highest BCUT2D eigenvalue weighted by Gasteiger charge is 2.09. The van der Waals surface area contributed by atoms with Crippen LogP contribution in [0.4, 0.5) is 5.69 Å². The van der Waals surface area contributed by atoms with Crippen LogP contribution in [0.25, 0.3) is 17.2 Å². The summed E-state index contributed by atoms with van der Waals surface area (Å²) in [5, 5.41) is 7.58. The molecule has 0 spiro atoms. The molecule has 0 saturated heterocycles. The van der Waals surface area contributed by atoms with E-state index in [1.54, 1.807) is 0 Å². The number of hydrogen-bond donors (Lipinski definition) is 2. The second kappa shape index (κ2) is 6.24. The van der Waals surface area contributed by atoms with Gasteiger partial charge in [0.2, 0.25) is 5.78 Å². The van der Waals surface area contributed by atoms with Gasteiger partial charge in [-0.2, -0.15) is 9.50 Å². The zero-order valence-electron chi connectivity index (χ0n) is 13.7. The number of fused-ring (bicyclic) bond motifs is 1. The van der Waals surface area contributed by atoms with Gasteiger partial charge >= 0.3 is 0 Å². The quantitative estimate of drug-likeness (QED) is 0.603. The Morgan fingerprint density at radius 1 is 1.08 bits per heavy atom. The molecule has 0 aliphatic heterocycles. The largest absolute Gasteiger partial charge is 0.379 e. The van der Waals surface area contributed by atoms with Crippen molar-refractivity contribution in [1.82, 2.24) is 19.6 Å². The number of nitrogens with one attached hydrogen (secondary N) is 2. The Kier molecular flexibility index (Phi) is 3.78. The fourth-order valence-corrected chi connectivity index (χ4v) is 2.61. The Hall–Kier alpha value is -3.41. The summed E-state index contributed by atoms with van der Waals surface area (Å²) in [7, 11) is 0. The topological polar surface area (TPSA) is 75.1 Å². The highest BCUT2D eigenvalue weighted by molar-refractivity contribution is 5.56. The van der Waals surface area contributed by atoms with E-state index in [-0.39, 0.29) is 5.56 Å². The lowest BCUT2D eigenvalue weighted by Gasteiger charge is -2.06. The molecule has 6 nitrogen and oxygen atoms in total. The van der Waals surface area contributed by atoms with E-state index in [1.807, 2.05) is 61.5 Å². The van der Waals surface area contributed by atoms with Gasteiger partial charge in [-0.1, -0.05) is 48.0 Å². The summed E-state index contributed by atoms with van der Waals surface area (Å²) >= 11 is 0. The van der Waals surface area contributed by atoms with E-state index in [4.69, 9.17) is 0 Å². The molecule has 124 valence electrons. The Balaban J connectivity index is 1.62. The van der Waals surface area contributed by atoms with Crippen LogP contribution in [0, 0.1) is 6.92 Å². The van der Waals surface area contributed by atoms with Gasteiger partial charge in [-0.25, -0.2) is 0 Å². The molecule has 0 amide bonds. The third-order valence-electron chi connectivity index (χ3n) is 3.95.